The molecule has 4 aromatic rings. The van der Waals surface area contributed by atoms with E-state index in [1.54, 1.807) is 19.1 Å². The van der Waals surface area contributed by atoms with Crippen molar-refractivity contribution in [3.63, 3.8) is 0 Å². The van der Waals surface area contributed by atoms with Gasteiger partial charge in [0.1, 0.15) is 11.6 Å². The van der Waals surface area contributed by atoms with Gasteiger partial charge in [-0.1, -0.05) is 53.8 Å². The second-order valence-electron chi connectivity index (χ2n) is 8.27. The number of hydrogen-bond donors (Lipinski definition) is 1. The maximum Gasteiger partial charge on any atom is 0.230 e. The third-order valence-corrected chi connectivity index (χ3v) is 7.17. The smallest absolute Gasteiger partial charge is 0.230 e. The SMILES string of the molecule is Cc1nc2sc(C(c3cccc(F)c3)N3CCC(Cc4ccccc4)CC3)c(O)n2n1. The van der Waals surface area contributed by atoms with Crippen molar-refractivity contribution in [3.8, 4) is 5.88 Å². The quantitative estimate of drug-likeness (QED) is 0.479. The summed E-state index contributed by atoms with van der Waals surface area (Å²) in [6.07, 6.45) is 3.23. The van der Waals surface area contributed by atoms with Crippen LogP contribution in [0.2, 0.25) is 0 Å². The number of nitrogens with zero attached hydrogens (tertiary/aromatic N) is 4. The summed E-state index contributed by atoms with van der Waals surface area (Å²) in [5.74, 6) is 1.08. The molecule has 2 aromatic carbocycles. The molecule has 31 heavy (non-hydrogen) atoms. The number of aryl methyl sites for hydroxylation is 1. The van der Waals surface area contributed by atoms with E-state index in [9.17, 15) is 9.50 Å². The van der Waals surface area contributed by atoms with E-state index in [2.05, 4.69) is 45.3 Å². The monoisotopic (exact) mass is 436 g/mol. The summed E-state index contributed by atoms with van der Waals surface area (Å²) >= 11 is 1.43. The van der Waals surface area contributed by atoms with E-state index in [0.29, 0.717) is 16.7 Å². The van der Waals surface area contributed by atoms with Gasteiger partial charge in [0.25, 0.3) is 0 Å². The molecular weight excluding hydrogens is 411 g/mol. The van der Waals surface area contributed by atoms with Crippen molar-refractivity contribution in [1.82, 2.24) is 19.5 Å². The highest BCUT2D eigenvalue weighted by molar-refractivity contribution is 7.17. The fourth-order valence-corrected chi connectivity index (χ4v) is 5.76. The summed E-state index contributed by atoms with van der Waals surface area (Å²) in [6, 6.07) is 17.1. The third kappa shape index (κ3) is 4.07. The Kier molecular flexibility index (Phi) is 5.46. The normalized spacial score (nSPS) is 16.7. The standard InChI is InChI=1S/C24H25FN4OS/c1-16-26-24-29(27-16)23(30)22(31-24)21(19-8-5-9-20(25)15-19)28-12-10-18(11-13-28)14-17-6-3-2-4-7-17/h2-9,15,18,21,30H,10-14H2,1H3. The van der Waals surface area contributed by atoms with Crippen LogP contribution in [-0.4, -0.2) is 37.7 Å². The molecule has 0 radical (unpaired) electrons. The average Bonchev–Trinajstić information content (AvgIpc) is 3.27. The molecule has 1 unspecified atom stereocenters. The van der Waals surface area contributed by atoms with Crippen LogP contribution in [0.5, 0.6) is 5.88 Å². The van der Waals surface area contributed by atoms with Crippen LogP contribution in [0, 0.1) is 18.7 Å². The molecule has 1 fully saturated rings. The van der Waals surface area contributed by atoms with Gasteiger partial charge in [0.2, 0.25) is 10.8 Å². The molecule has 160 valence electrons. The molecule has 0 spiro atoms. The Balaban J connectivity index is 1.43. The van der Waals surface area contributed by atoms with Crippen molar-refractivity contribution < 1.29 is 9.50 Å². The zero-order chi connectivity index (χ0) is 21.4. The maximum atomic E-state index is 14.1. The van der Waals surface area contributed by atoms with Crippen LogP contribution in [0.15, 0.2) is 54.6 Å². The first-order valence-electron chi connectivity index (χ1n) is 10.7. The topological polar surface area (TPSA) is 53.7 Å². The zero-order valence-corrected chi connectivity index (χ0v) is 18.2. The Hall–Kier alpha value is -2.77. The van der Waals surface area contributed by atoms with Crippen molar-refractivity contribution >= 4 is 16.3 Å². The number of halogens is 1. The number of benzene rings is 2. The van der Waals surface area contributed by atoms with Crippen molar-refractivity contribution in [2.45, 2.75) is 32.2 Å². The molecule has 1 atom stereocenters. The first-order chi connectivity index (χ1) is 15.1. The van der Waals surface area contributed by atoms with Crippen LogP contribution in [0.3, 0.4) is 0 Å². The molecule has 1 saturated heterocycles. The predicted octanol–water partition coefficient (Wildman–Crippen LogP) is 4.99. The third-order valence-electron chi connectivity index (χ3n) is 6.10. The molecular formula is C24H25FN4OS. The molecule has 1 aliphatic heterocycles. The minimum Gasteiger partial charge on any atom is -0.492 e. The Morgan fingerprint density at radius 2 is 1.90 bits per heavy atom. The van der Waals surface area contributed by atoms with E-state index >= 15 is 0 Å². The highest BCUT2D eigenvalue weighted by atomic mass is 32.1. The summed E-state index contributed by atoms with van der Waals surface area (Å²) in [7, 11) is 0. The number of thiazole rings is 1. The van der Waals surface area contributed by atoms with Crippen molar-refractivity contribution in [2.75, 3.05) is 13.1 Å². The van der Waals surface area contributed by atoms with E-state index in [-0.39, 0.29) is 17.7 Å². The molecule has 2 aromatic heterocycles. The minimum atomic E-state index is -0.267. The largest absolute Gasteiger partial charge is 0.492 e. The fourth-order valence-electron chi connectivity index (χ4n) is 4.59. The van der Waals surface area contributed by atoms with Gasteiger partial charge in [-0.15, -0.1) is 5.10 Å². The summed E-state index contributed by atoms with van der Waals surface area (Å²) in [5.41, 5.74) is 2.22. The van der Waals surface area contributed by atoms with E-state index < -0.39 is 0 Å². The first-order valence-corrected chi connectivity index (χ1v) is 11.5. The van der Waals surface area contributed by atoms with Crippen LogP contribution < -0.4 is 0 Å². The molecule has 0 bridgehead atoms. The second kappa shape index (κ2) is 8.40. The summed E-state index contributed by atoms with van der Waals surface area (Å²) < 4.78 is 15.6. The Morgan fingerprint density at radius 1 is 1.13 bits per heavy atom. The summed E-state index contributed by atoms with van der Waals surface area (Å²) in [4.78, 5) is 8.19. The lowest BCUT2D eigenvalue weighted by molar-refractivity contribution is 0.150. The average molecular weight is 437 g/mol. The van der Waals surface area contributed by atoms with Crippen molar-refractivity contribution in [1.29, 1.82) is 0 Å². The molecule has 1 N–H and O–H groups in total. The van der Waals surface area contributed by atoms with Crippen LogP contribution in [0.1, 0.15) is 40.7 Å². The Labute approximate surface area is 184 Å². The summed E-state index contributed by atoms with van der Waals surface area (Å²) in [5, 5.41) is 15.2. The predicted molar refractivity (Wildman–Crippen MR) is 120 cm³/mol. The Morgan fingerprint density at radius 3 is 2.61 bits per heavy atom. The number of fused-ring (bicyclic) bond motifs is 1. The lowest BCUT2D eigenvalue weighted by Gasteiger charge is -2.37. The molecule has 7 heteroatoms. The van der Waals surface area contributed by atoms with Crippen LogP contribution in [-0.2, 0) is 6.42 Å². The van der Waals surface area contributed by atoms with Gasteiger partial charge < -0.3 is 5.11 Å². The molecule has 5 rings (SSSR count). The van der Waals surface area contributed by atoms with Gasteiger partial charge in [-0.3, -0.25) is 4.90 Å². The maximum absolute atomic E-state index is 14.1. The van der Waals surface area contributed by atoms with Gasteiger partial charge in [0, 0.05) is 0 Å². The van der Waals surface area contributed by atoms with Crippen LogP contribution >= 0.6 is 11.3 Å². The van der Waals surface area contributed by atoms with Gasteiger partial charge in [-0.05, 0) is 68.5 Å². The van der Waals surface area contributed by atoms with E-state index in [4.69, 9.17) is 0 Å². The Bertz CT molecular complexity index is 1180. The second-order valence-corrected chi connectivity index (χ2v) is 9.28. The lowest BCUT2D eigenvalue weighted by Crippen LogP contribution is -2.37. The summed E-state index contributed by atoms with van der Waals surface area (Å²) in [6.45, 7) is 3.59. The number of rotatable bonds is 5. The fraction of sp³-hybridized carbons (Fsp3) is 0.333. The molecule has 0 saturated carbocycles. The molecule has 5 nitrogen and oxygen atoms in total. The van der Waals surface area contributed by atoms with Gasteiger partial charge >= 0.3 is 0 Å². The van der Waals surface area contributed by atoms with E-state index in [1.165, 1.54) is 27.5 Å². The van der Waals surface area contributed by atoms with Crippen LogP contribution in [0.4, 0.5) is 4.39 Å². The molecule has 1 aliphatic rings. The highest BCUT2D eigenvalue weighted by Gasteiger charge is 2.32. The first kappa shape index (κ1) is 20.2. The van der Waals surface area contributed by atoms with Gasteiger partial charge in [0.15, 0.2) is 0 Å². The molecule has 0 aliphatic carbocycles. The van der Waals surface area contributed by atoms with Crippen molar-refractivity contribution in [2.24, 2.45) is 5.92 Å². The van der Waals surface area contributed by atoms with Gasteiger partial charge in [0.05, 0.1) is 10.9 Å². The van der Waals surface area contributed by atoms with E-state index in [0.717, 1.165) is 42.8 Å². The number of likely N-dealkylation sites (tertiary alicyclic amines) is 1. The number of aromatic nitrogens is 3. The van der Waals surface area contributed by atoms with Crippen LogP contribution in [0.25, 0.3) is 4.96 Å². The minimum absolute atomic E-state index is 0.0984. The lowest BCUT2D eigenvalue weighted by atomic mass is 9.89. The van der Waals surface area contributed by atoms with Gasteiger partial charge in [-0.2, -0.15) is 4.52 Å². The molecule has 3 heterocycles. The van der Waals surface area contributed by atoms with Gasteiger partial charge in [-0.25, -0.2) is 9.37 Å². The highest BCUT2D eigenvalue weighted by Crippen LogP contribution is 2.41. The number of piperidine rings is 1. The zero-order valence-electron chi connectivity index (χ0n) is 17.4. The van der Waals surface area contributed by atoms with Crippen molar-refractivity contribution in [3.05, 3.63) is 82.2 Å². The molecule has 0 amide bonds. The van der Waals surface area contributed by atoms with E-state index in [1.807, 2.05) is 6.07 Å². The number of hydrogen-bond acceptors (Lipinski definition) is 5. The number of aromatic hydroxyl groups is 1.